The van der Waals surface area contributed by atoms with E-state index >= 15 is 0 Å². The molecule has 5 nitrogen and oxygen atoms in total. The van der Waals surface area contributed by atoms with Gasteiger partial charge in [-0.3, -0.25) is 4.79 Å². The zero-order valence-electron chi connectivity index (χ0n) is 18.4. The van der Waals surface area contributed by atoms with Crippen LogP contribution in [0.15, 0.2) is 24.3 Å². The van der Waals surface area contributed by atoms with E-state index in [0.717, 1.165) is 56.2 Å². The molecule has 1 aliphatic carbocycles. The Kier molecular flexibility index (Phi) is 7.96. The molecule has 3 rings (SSSR count). The molecule has 1 aromatic carbocycles. The summed E-state index contributed by atoms with van der Waals surface area (Å²) in [6.45, 7) is 8.80. The fraction of sp³-hybridized carbons (Fsp3) is 0.708. The first-order valence-electron chi connectivity index (χ1n) is 11.3. The number of nitrogens with zero attached hydrogens (tertiary/aromatic N) is 1. The van der Waals surface area contributed by atoms with Gasteiger partial charge < -0.3 is 19.7 Å². The molecule has 3 atom stereocenters. The number of hydrogen-bond donors (Lipinski definition) is 1. The summed E-state index contributed by atoms with van der Waals surface area (Å²) in [6, 6.07) is 7.69. The first kappa shape index (κ1) is 22.1. The highest BCUT2D eigenvalue weighted by Gasteiger charge is 2.41. The van der Waals surface area contributed by atoms with Crippen molar-refractivity contribution in [3.63, 3.8) is 0 Å². The van der Waals surface area contributed by atoms with Crippen LogP contribution in [0.1, 0.15) is 58.8 Å². The maximum Gasteiger partial charge on any atom is 0.256 e. The standard InChI is InChI=1S/C24H38N2O3/c1-19-7-4-13-24(17-19,28-3)23(27)25-21-9-11-22(12-10-21)29-16-6-15-26-14-5-8-20(2)18-26/h9-12,19-20H,4-8,13-18H2,1-3H3,(H,25,27)/t19-,20-,24-/m1/s1. The van der Waals surface area contributed by atoms with Crippen molar-refractivity contribution >= 4 is 11.6 Å². The van der Waals surface area contributed by atoms with Crippen LogP contribution in [-0.4, -0.2) is 49.8 Å². The summed E-state index contributed by atoms with van der Waals surface area (Å²) in [5.41, 5.74) is 0.0954. The van der Waals surface area contributed by atoms with Gasteiger partial charge in [0.2, 0.25) is 0 Å². The van der Waals surface area contributed by atoms with Gasteiger partial charge in [-0.15, -0.1) is 0 Å². The van der Waals surface area contributed by atoms with Crippen molar-refractivity contribution in [2.75, 3.05) is 38.7 Å². The highest BCUT2D eigenvalue weighted by Crippen LogP contribution is 2.35. The van der Waals surface area contributed by atoms with E-state index in [9.17, 15) is 4.79 Å². The van der Waals surface area contributed by atoms with Crippen LogP contribution in [0.5, 0.6) is 5.75 Å². The third kappa shape index (κ3) is 6.19. The maximum atomic E-state index is 12.9. The van der Waals surface area contributed by atoms with Crippen LogP contribution in [0.2, 0.25) is 0 Å². The summed E-state index contributed by atoms with van der Waals surface area (Å²) in [6.07, 6.45) is 7.49. The second-order valence-corrected chi connectivity index (χ2v) is 9.13. The minimum absolute atomic E-state index is 0.0315. The molecule has 0 spiro atoms. The van der Waals surface area contributed by atoms with Gasteiger partial charge in [0.25, 0.3) is 5.91 Å². The normalized spacial score (nSPS) is 28.1. The first-order chi connectivity index (χ1) is 14.0. The van der Waals surface area contributed by atoms with Gasteiger partial charge in [0.15, 0.2) is 0 Å². The van der Waals surface area contributed by atoms with Crippen molar-refractivity contribution in [1.29, 1.82) is 0 Å². The average molecular weight is 403 g/mol. The number of amides is 1. The molecule has 29 heavy (non-hydrogen) atoms. The van der Waals surface area contributed by atoms with Gasteiger partial charge in [0, 0.05) is 25.9 Å². The summed E-state index contributed by atoms with van der Waals surface area (Å²) < 4.78 is 11.6. The monoisotopic (exact) mass is 402 g/mol. The van der Waals surface area contributed by atoms with Gasteiger partial charge in [0.05, 0.1) is 6.61 Å². The quantitative estimate of drug-likeness (QED) is 0.639. The van der Waals surface area contributed by atoms with Crippen LogP contribution >= 0.6 is 0 Å². The Morgan fingerprint density at radius 2 is 1.93 bits per heavy atom. The van der Waals surface area contributed by atoms with Gasteiger partial charge in [-0.25, -0.2) is 0 Å². The Bertz CT molecular complexity index is 648. The number of likely N-dealkylation sites (tertiary alicyclic amines) is 1. The minimum atomic E-state index is -0.696. The first-order valence-corrected chi connectivity index (χ1v) is 11.3. The van der Waals surface area contributed by atoms with Crippen molar-refractivity contribution in [1.82, 2.24) is 4.90 Å². The molecule has 0 bridgehead atoms. The van der Waals surface area contributed by atoms with Crippen LogP contribution in [0.3, 0.4) is 0 Å². The molecule has 1 saturated carbocycles. The van der Waals surface area contributed by atoms with Crippen LogP contribution in [0.25, 0.3) is 0 Å². The predicted molar refractivity (Wildman–Crippen MR) is 117 cm³/mol. The average Bonchev–Trinajstić information content (AvgIpc) is 2.72. The van der Waals surface area contributed by atoms with Crippen molar-refractivity contribution in [3.8, 4) is 5.75 Å². The van der Waals surface area contributed by atoms with E-state index in [1.165, 1.54) is 32.4 Å². The third-order valence-corrected chi connectivity index (χ3v) is 6.50. The Morgan fingerprint density at radius 1 is 1.17 bits per heavy atom. The van der Waals surface area contributed by atoms with E-state index in [2.05, 4.69) is 24.1 Å². The molecule has 1 aromatic rings. The smallest absolute Gasteiger partial charge is 0.256 e. The molecule has 0 unspecified atom stereocenters. The zero-order chi connectivity index (χ0) is 20.7. The lowest BCUT2D eigenvalue weighted by molar-refractivity contribution is -0.143. The van der Waals surface area contributed by atoms with Gasteiger partial charge in [0.1, 0.15) is 11.4 Å². The molecule has 1 N–H and O–H groups in total. The number of nitrogens with one attached hydrogen (secondary N) is 1. The fourth-order valence-corrected chi connectivity index (χ4v) is 4.83. The van der Waals surface area contributed by atoms with Crippen LogP contribution in [-0.2, 0) is 9.53 Å². The molecule has 0 radical (unpaired) electrons. The summed E-state index contributed by atoms with van der Waals surface area (Å²) in [4.78, 5) is 15.4. The summed E-state index contributed by atoms with van der Waals surface area (Å²) in [5, 5.41) is 3.04. The Balaban J connectivity index is 1.43. The molecule has 0 aromatic heterocycles. The van der Waals surface area contributed by atoms with Gasteiger partial charge in [-0.2, -0.15) is 0 Å². The molecule has 2 aliphatic rings. The highest BCUT2D eigenvalue weighted by atomic mass is 16.5. The van der Waals surface area contributed by atoms with E-state index in [0.29, 0.717) is 5.92 Å². The molecular weight excluding hydrogens is 364 g/mol. The number of carbonyl (C=O) groups excluding carboxylic acids is 1. The van der Waals surface area contributed by atoms with E-state index in [1.54, 1.807) is 7.11 Å². The van der Waals surface area contributed by atoms with E-state index < -0.39 is 5.60 Å². The Hall–Kier alpha value is -1.59. The maximum absolute atomic E-state index is 12.9. The number of ether oxygens (including phenoxy) is 2. The largest absolute Gasteiger partial charge is 0.494 e. The lowest BCUT2D eigenvalue weighted by atomic mass is 9.78. The van der Waals surface area contributed by atoms with E-state index in [4.69, 9.17) is 9.47 Å². The number of piperidine rings is 1. The number of hydrogen-bond acceptors (Lipinski definition) is 4. The molecule has 1 amide bonds. The summed E-state index contributed by atoms with van der Waals surface area (Å²) >= 11 is 0. The number of rotatable bonds is 8. The molecule has 2 fully saturated rings. The lowest BCUT2D eigenvalue weighted by Gasteiger charge is -2.37. The predicted octanol–water partition coefficient (Wildman–Crippen LogP) is 4.72. The number of carbonyl (C=O) groups is 1. The Labute approximate surface area is 176 Å². The number of benzene rings is 1. The summed E-state index contributed by atoms with van der Waals surface area (Å²) in [7, 11) is 1.65. The number of anilines is 1. The molecule has 1 aliphatic heterocycles. The van der Waals surface area contributed by atoms with Crippen molar-refractivity contribution in [2.24, 2.45) is 11.8 Å². The fourth-order valence-electron chi connectivity index (χ4n) is 4.83. The SMILES string of the molecule is CO[C@]1(C(=O)Nc2ccc(OCCCN3CCC[C@@H](C)C3)cc2)CCC[C@@H](C)C1. The third-order valence-electron chi connectivity index (χ3n) is 6.50. The highest BCUT2D eigenvalue weighted by molar-refractivity contribution is 5.97. The number of methoxy groups -OCH3 is 1. The van der Waals surface area contributed by atoms with Gasteiger partial charge >= 0.3 is 0 Å². The van der Waals surface area contributed by atoms with Gasteiger partial charge in [-0.1, -0.05) is 20.3 Å². The molecule has 1 heterocycles. The molecule has 5 heteroatoms. The van der Waals surface area contributed by atoms with Crippen molar-refractivity contribution in [3.05, 3.63) is 24.3 Å². The van der Waals surface area contributed by atoms with Crippen LogP contribution in [0, 0.1) is 11.8 Å². The van der Waals surface area contributed by atoms with Crippen LogP contribution < -0.4 is 10.1 Å². The summed E-state index contributed by atoms with van der Waals surface area (Å²) in [5.74, 6) is 2.15. The van der Waals surface area contributed by atoms with Crippen LogP contribution in [0.4, 0.5) is 5.69 Å². The topological polar surface area (TPSA) is 50.8 Å². The molecule has 1 saturated heterocycles. The van der Waals surface area contributed by atoms with E-state index in [1.807, 2.05) is 24.3 Å². The van der Waals surface area contributed by atoms with E-state index in [-0.39, 0.29) is 5.91 Å². The second-order valence-electron chi connectivity index (χ2n) is 9.13. The van der Waals surface area contributed by atoms with Crippen molar-refractivity contribution < 1.29 is 14.3 Å². The lowest BCUT2D eigenvalue weighted by Crippen LogP contribution is -2.47. The molecular formula is C24H38N2O3. The van der Waals surface area contributed by atoms with Gasteiger partial charge in [-0.05, 0) is 81.2 Å². The Morgan fingerprint density at radius 3 is 2.62 bits per heavy atom. The van der Waals surface area contributed by atoms with Crippen molar-refractivity contribution in [2.45, 2.75) is 64.4 Å². The minimum Gasteiger partial charge on any atom is -0.494 e. The zero-order valence-corrected chi connectivity index (χ0v) is 18.4. The molecule has 162 valence electrons. The second kappa shape index (κ2) is 10.4.